The zero-order valence-electron chi connectivity index (χ0n) is 14.8. The maximum atomic E-state index is 13.0. The third-order valence-electron chi connectivity index (χ3n) is 3.72. The van der Waals surface area contributed by atoms with Crippen molar-refractivity contribution in [3.8, 4) is 11.5 Å². The predicted octanol–water partition coefficient (Wildman–Crippen LogP) is 3.64. The number of ether oxygens (including phenoxy) is 2. The summed E-state index contributed by atoms with van der Waals surface area (Å²) in [5.74, 6) is -0.439. The first-order chi connectivity index (χ1) is 13.4. The van der Waals surface area contributed by atoms with E-state index in [-0.39, 0.29) is 22.2 Å². The van der Waals surface area contributed by atoms with Crippen molar-refractivity contribution in [2.75, 3.05) is 14.2 Å². The standard InChI is InChI=1S/C18H14FN3O5S/c1-26-14-9-15(27-2)13(22(24)25)7-10(14)8-16-17(23)21-18(28-16)20-12-5-3-11(19)4-6-12/h3-9H,1-2H3,(H,20,21,23)/b16-8+. The second-order valence-electron chi connectivity index (χ2n) is 5.48. The van der Waals surface area contributed by atoms with Gasteiger partial charge in [0.25, 0.3) is 5.91 Å². The molecule has 8 nitrogen and oxygen atoms in total. The van der Waals surface area contributed by atoms with Gasteiger partial charge in [-0.3, -0.25) is 14.9 Å². The second kappa shape index (κ2) is 8.09. The molecule has 0 aliphatic carbocycles. The molecule has 10 heteroatoms. The number of nitrogens with one attached hydrogen (secondary N) is 1. The highest BCUT2D eigenvalue weighted by molar-refractivity contribution is 8.18. The normalized spacial score (nSPS) is 16.3. The zero-order valence-corrected chi connectivity index (χ0v) is 15.6. The minimum Gasteiger partial charge on any atom is -0.496 e. The Morgan fingerprint density at radius 1 is 1.18 bits per heavy atom. The summed E-state index contributed by atoms with van der Waals surface area (Å²) in [6.07, 6.45) is 1.47. The Bertz CT molecular complexity index is 1010. The average Bonchev–Trinajstić information content (AvgIpc) is 3.02. The fraction of sp³-hybridized carbons (Fsp3) is 0.111. The number of aliphatic imine (C=N–C) groups is 1. The van der Waals surface area contributed by atoms with Gasteiger partial charge in [0.1, 0.15) is 11.6 Å². The maximum absolute atomic E-state index is 13.0. The van der Waals surface area contributed by atoms with E-state index in [0.29, 0.717) is 22.2 Å². The van der Waals surface area contributed by atoms with Gasteiger partial charge in [-0.25, -0.2) is 9.38 Å². The van der Waals surface area contributed by atoms with Crippen molar-refractivity contribution in [2.24, 2.45) is 4.99 Å². The van der Waals surface area contributed by atoms with E-state index >= 15 is 0 Å². The van der Waals surface area contributed by atoms with Crippen molar-refractivity contribution < 1.29 is 23.6 Å². The van der Waals surface area contributed by atoms with Gasteiger partial charge in [-0.2, -0.15) is 0 Å². The molecule has 1 amide bonds. The molecule has 28 heavy (non-hydrogen) atoms. The van der Waals surface area contributed by atoms with E-state index in [0.717, 1.165) is 11.8 Å². The van der Waals surface area contributed by atoms with E-state index < -0.39 is 10.8 Å². The van der Waals surface area contributed by atoms with Gasteiger partial charge in [-0.1, -0.05) is 0 Å². The lowest BCUT2D eigenvalue weighted by Gasteiger charge is -2.08. The fourth-order valence-electron chi connectivity index (χ4n) is 2.42. The quantitative estimate of drug-likeness (QED) is 0.464. The first kappa shape index (κ1) is 19.4. The highest BCUT2D eigenvalue weighted by Crippen LogP contribution is 2.37. The molecule has 0 bridgehead atoms. The summed E-state index contributed by atoms with van der Waals surface area (Å²) < 4.78 is 23.2. The van der Waals surface area contributed by atoms with Crippen molar-refractivity contribution in [3.63, 3.8) is 0 Å². The van der Waals surface area contributed by atoms with Gasteiger partial charge in [0, 0.05) is 17.7 Å². The number of methoxy groups -OCH3 is 2. The van der Waals surface area contributed by atoms with Crippen molar-refractivity contribution >= 4 is 40.3 Å². The Kier molecular flexibility index (Phi) is 5.59. The highest BCUT2D eigenvalue weighted by Gasteiger charge is 2.26. The molecule has 0 unspecified atom stereocenters. The van der Waals surface area contributed by atoms with Crippen LogP contribution in [0.5, 0.6) is 11.5 Å². The maximum Gasteiger partial charge on any atom is 0.311 e. The Hall–Kier alpha value is -3.40. The second-order valence-corrected chi connectivity index (χ2v) is 6.51. The number of carbonyl (C=O) groups excluding carboxylic acids is 1. The van der Waals surface area contributed by atoms with Crippen LogP contribution in [0.1, 0.15) is 5.56 Å². The summed E-state index contributed by atoms with van der Waals surface area (Å²) in [6, 6.07) is 8.14. The lowest BCUT2D eigenvalue weighted by molar-refractivity contribution is -0.385. The number of carbonyl (C=O) groups is 1. The van der Waals surface area contributed by atoms with Crippen molar-refractivity contribution in [1.82, 2.24) is 5.32 Å². The van der Waals surface area contributed by atoms with E-state index in [1.54, 1.807) is 0 Å². The van der Waals surface area contributed by atoms with Crippen LogP contribution in [0.4, 0.5) is 15.8 Å². The molecule has 1 aliphatic rings. The number of hydrogen-bond donors (Lipinski definition) is 1. The van der Waals surface area contributed by atoms with Crippen LogP contribution in [0.25, 0.3) is 6.08 Å². The topological polar surface area (TPSA) is 103 Å². The molecule has 2 aromatic carbocycles. The van der Waals surface area contributed by atoms with Crippen LogP contribution < -0.4 is 14.8 Å². The fourth-order valence-corrected chi connectivity index (χ4v) is 3.25. The van der Waals surface area contributed by atoms with Crippen LogP contribution in [-0.2, 0) is 4.79 Å². The number of benzene rings is 2. The third kappa shape index (κ3) is 4.12. The summed E-state index contributed by atoms with van der Waals surface area (Å²) in [4.78, 5) is 27.4. The lowest BCUT2D eigenvalue weighted by atomic mass is 10.1. The highest BCUT2D eigenvalue weighted by atomic mass is 32.2. The molecule has 1 saturated heterocycles. The Morgan fingerprint density at radius 2 is 1.86 bits per heavy atom. The van der Waals surface area contributed by atoms with Gasteiger partial charge in [0.05, 0.1) is 29.7 Å². The van der Waals surface area contributed by atoms with Crippen LogP contribution in [0.15, 0.2) is 46.3 Å². The van der Waals surface area contributed by atoms with Crippen molar-refractivity contribution in [1.29, 1.82) is 0 Å². The number of hydrogen-bond acceptors (Lipinski definition) is 7. The molecular weight excluding hydrogens is 389 g/mol. The molecule has 1 N–H and O–H groups in total. The first-order valence-electron chi connectivity index (χ1n) is 7.87. The van der Waals surface area contributed by atoms with Crippen molar-refractivity contribution in [2.45, 2.75) is 0 Å². The summed E-state index contributed by atoms with van der Waals surface area (Å²) in [5.41, 5.74) is 0.567. The van der Waals surface area contributed by atoms with Gasteiger partial charge >= 0.3 is 5.69 Å². The van der Waals surface area contributed by atoms with Crippen molar-refractivity contribution in [3.05, 3.63) is 62.8 Å². The number of thioether (sulfide) groups is 1. The summed E-state index contributed by atoms with van der Waals surface area (Å²) >= 11 is 1.06. The first-order valence-corrected chi connectivity index (χ1v) is 8.68. The van der Waals surface area contributed by atoms with Crippen LogP contribution in [0.2, 0.25) is 0 Å². The Labute approximate surface area is 163 Å². The number of amides is 1. The minimum atomic E-state index is -0.580. The SMILES string of the molecule is COc1cc(OC)c([N+](=O)[O-])cc1/C=C1/SC(=Nc2ccc(F)cc2)NC1=O. The molecule has 0 radical (unpaired) electrons. The largest absolute Gasteiger partial charge is 0.496 e. The number of nitro benzene ring substituents is 1. The van der Waals surface area contributed by atoms with E-state index in [9.17, 15) is 19.3 Å². The Balaban J connectivity index is 1.95. The molecule has 3 rings (SSSR count). The summed E-state index contributed by atoms with van der Waals surface area (Å²) in [6.45, 7) is 0. The van der Waals surface area contributed by atoms with Gasteiger partial charge in [-0.15, -0.1) is 0 Å². The van der Waals surface area contributed by atoms with Crippen LogP contribution in [-0.4, -0.2) is 30.2 Å². The monoisotopic (exact) mass is 403 g/mol. The Morgan fingerprint density at radius 3 is 2.46 bits per heavy atom. The predicted molar refractivity (Wildman–Crippen MR) is 103 cm³/mol. The molecule has 0 saturated carbocycles. The van der Waals surface area contributed by atoms with E-state index in [1.807, 2.05) is 0 Å². The minimum absolute atomic E-state index is 0.0473. The van der Waals surface area contributed by atoms with Crippen LogP contribution in [0.3, 0.4) is 0 Å². The molecule has 0 spiro atoms. The van der Waals surface area contributed by atoms with Gasteiger partial charge < -0.3 is 14.8 Å². The zero-order chi connectivity index (χ0) is 20.3. The molecule has 1 aliphatic heterocycles. The van der Waals surface area contributed by atoms with E-state index in [1.165, 1.54) is 56.7 Å². The van der Waals surface area contributed by atoms with Crippen LogP contribution in [0, 0.1) is 15.9 Å². The van der Waals surface area contributed by atoms with Gasteiger partial charge in [-0.05, 0) is 42.1 Å². The molecule has 0 aromatic heterocycles. The van der Waals surface area contributed by atoms with E-state index in [4.69, 9.17) is 9.47 Å². The smallest absolute Gasteiger partial charge is 0.311 e. The average molecular weight is 403 g/mol. The number of nitro groups is 1. The lowest BCUT2D eigenvalue weighted by Crippen LogP contribution is -2.19. The number of nitrogens with zero attached hydrogens (tertiary/aromatic N) is 2. The number of halogens is 1. The van der Waals surface area contributed by atoms with E-state index in [2.05, 4.69) is 10.3 Å². The molecule has 1 fully saturated rings. The number of amidine groups is 1. The number of rotatable bonds is 5. The molecule has 0 atom stereocenters. The van der Waals surface area contributed by atoms with Gasteiger partial charge in [0.15, 0.2) is 5.17 Å². The summed E-state index contributed by atoms with van der Waals surface area (Å²) in [5, 5.41) is 14.2. The third-order valence-corrected chi connectivity index (χ3v) is 4.63. The van der Waals surface area contributed by atoms with Gasteiger partial charge in [0.2, 0.25) is 5.75 Å². The molecule has 2 aromatic rings. The molecular formula is C18H14FN3O5S. The molecule has 144 valence electrons. The molecule has 1 heterocycles. The summed E-state index contributed by atoms with van der Waals surface area (Å²) in [7, 11) is 2.73. The van der Waals surface area contributed by atoms with Crippen LogP contribution >= 0.6 is 11.8 Å².